The molecule has 6 nitrogen and oxygen atoms in total. The maximum Gasteiger partial charge on any atom is 0.195 e. The molecule has 0 aromatic heterocycles. The van der Waals surface area contributed by atoms with Gasteiger partial charge in [0.25, 0.3) is 0 Å². The second-order valence-corrected chi connectivity index (χ2v) is 6.15. The third kappa shape index (κ3) is 4.81. The van der Waals surface area contributed by atoms with E-state index in [2.05, 4.69) is 59.7 Å². The quantitative estimate of drug-likeness (QED) is 0.615. The van der Waals surface area contributed by atoms with E-state index in [-0.39, 0.29) is 0 Å². The van der Waals surface area contributed by atoms with Crippen LogP contribution in [-0.4, -0.2) is 41.3 Å². The molecule has 2 N–H and O–H groups in total. The van der Waals surface area contributed by atoms with Gasteiger partial charge in [0.1, 0.15) is 0 Å². The monoisotopic (exact) mass is 356 g/mol. The molecule has 26 heavy (non-hydrogen) atoms. The second kappa shape index (κ2) is 8.99. The number of nitrogens with one attached hydrogen (secondary N) is 2. The Kier molecular flexibility index (Phi) is 6.72. The average molecular weight is 356 g/mol. The molecule has 0 saturated carbocycles. The number of nitrogens with zero attached hydrogens (tertiary/aromatic N) is 2. The fourth-order valence-electron chi connectivity index (χ4n) is 2.65. The van der Waals surface area contributed by atoms with E-state index in [0.29, 0.717) is 24.0 Å². The predicted octanol–water partition coefficient (Wildman–Crippen LogP) is 3.27. The lowest BCUT2D eigenvalue weighted by molar-refractivity contribution is 0.355. The number of hydrogen-bond donors (Lipinski definition) is 2. The molecule has 0 fully saturated rings. The van der Waals surface area contributed by atoms with Crippen molar-refractivity contribution >= 4 is 17.3 Å². The van der Waals surface area contributed by atoms with Gasteiger partial charge in [0.2, 0.25) is 0 Å². The highest BCUT2D eigenvalue weighted by Crippen LogP contribution is 2.29. The number of ether oxygens (including phenoxy) is 2. The van der Waals surface area contributed by atoms with Crippen LogP contribution in [0.3, 0.4) is 0 Å². The van der Waals surface area contributed by atoms with Crippen molar-refractivity contribution in [3.05, 3.63) is 47.5 Å². The highest BCUT2D eigenvalue weighted by Gasteiger charge is 2.08. The molecule has 0 aliphatic carbocycles. The SMILES string of the molecule is CN=C(NCc1ccc(C)cc1N(C)C)Nc1ccc(OC)c(OC)c1. The third-order valence-corrected chi connectivity index (χ3v) is 4.04. The van der Waals surface area contributed by atoms with Gasteiger partial charge in [-0.15, -0.1) is 0 Å². The Morgan fingerprint density at radius 3 is 2.38 bits per heavy atom. The molecular formula is C20H28N4O2. The van der Waals surface area contributed by atoms with Crippen LogP contribution in [0.5, 0.6) is 11.5 Å². The standard InChI is InChI=1S/C20H28N4O2/c1-14-7-8-15(17(11-14)24(3)4)13-22-20(21-2)23-16-9-10-18(25-5)19(12-16)26-6/h7-12H,13H2,1-6H3,(H2,21,22,23). The lowest BCUT2D eigenvalue weighted by Crippen LogP contribution is -2.30. The number of aryl methyl sites for hydroxylation is 1. The van der Waals surface area contributed by atoms with Crippen molar-refractivity contribution in [1.29, 1.82) is 0 Å². The van der Waals surface area contributed by atoms with E-state index in [1.165, 1.54) is 16.8 Å². The summed E-state index contributed by atoms with van der Waals surface area (Å²) in [6.07, 6.45) is 0. The first kappa shape index (κ1) is 19.4. The fourth-order valence-corrected chi connectivity index (χ4v) is 2.65. The zero-order chi connectivity index (χ0) is 19.1. The van der Waals surface area contributed by atoms with Gasteiger partial charge in [-0.1, -0.05) is 12.1 Å². The zero-order valence-corrected chi connectivity index (χ0v) is 16.4. The Hall–Kier alpha value is -2.89. The first-order valence-electron chi connectivity index (χ1n) is 8.45. The summed E-state index contributed by atoms with van der Waals surface area (Å²) in [5.74, 6) is 2.04. The van der Waals surface area contributed by atoms with Crippen molar-refractivity contribution < 1.29 is 9.47 Å². The second-order valence-electron chi connectivity index (χ2n) is 6.15. The molecule has 2 rings (SSSR count). The highest BCUT2D eigenvalue weighted by atomic mass is 16.5. The lowest BCUT2D eigenvalue weighted by Gasteiger charge is -2.20. The van der Waals surface area contributed by atoms with E-state index in [9.17, 15) is 0 Å². The minimum atomic E-state index is 0.667. The van der Waals surface area contributed by atoms with Crippen LogP contribution >= 0.6 is 0 Å². The van der Waals surface area contributed by atoms with Gasteiger partial charge in [-0.3, -0.25) is 4.99 Å². The molecule has 2 aromatic rings. The molecule has 0 radical (unpaired) electrons. The molecule has 0 unspecified atom stereocenters. The summed E-state index contributed by atoms with van der Waals surface area (Å²) in [5, 5.41) is 6.63. The molecule has 0 heterocycles. The number of hydrogen-bond acceptors (Lipinski definition) is 4. The summed E-state index contributed by atoms with van der Waals surface area (Å²) in [6.45, 7) is 2.77. The van der Waals surface area contributed by atoms with Gasteiger partial charge in [-0.2, -0.15) is 0 Å². The molecular weight excluding hydrogens is 328 g/mol. The van der Waals surface area contributed by atoms with E-state index < -0.39 is 0 Å². The summed E-state index contributed by atoms with van der Waals surface area (Å²) in [4.78, 5) is 6.42. The summed E-state index contributed by atoms with van der Waals surface area (Å²) < 4.78 is 10.6. The number of methoxy groups -OCH3 is 2. The molecule has 0 amide bonds. The smallest absolute Gasteiger partial charge is 0.195 e. The van der Waals surface area contributed by atoms with Crippen LogP contribution < -0.4 is 25.0 Å². The summed E-state index contributed by atoms with van der Waals surface area (Å²) in [7, 11) is 9.09. The number of guanidine groups is 1. The Morgan fingerprint density at radius 2 is 1.77 bits per heavy atom. The average Bonchev–Trinajstić information content (AvgIpc) is 2.65. The van der Waals surface area contributed by atoms with E-state index >= 15 is 0 Å². The van der Waals surface area contributed by atoms with Crippen LogP contribution in [0.15, 0.2) is 41.4 Å². The Balaban J connectivity index is 2.10. The minimum Gasteiger partial charge on any atom is -0.493 e. The number of benzene rings is 2. The van der Waals surface area contributed by atoms with Crippen molar-refractivity contribution in [2.24, 2.45) is 4.99 Å². The molecule has 0 bridgehead atoms. The van der Waals surface area contributed by atoms with E-state index in [1.807, 2.05) is 18.2 Å². The number of anilines is 2. The van der Waals surface area contributed by atoms with Crippen LogP contribution in [-0.2, 0) is 6.54 Å². The summed E-state index contributed by atoms with van der Waals surface area (Å²) in [6, 6.07) is 12.1. The molecule has 2 aromatic carbocycles. The van der Waals surface area contributed by atoms with Gasteiger partial charge in [0.05, 0.1) is 14.2 Å². The van der Waals surface area contributed by atoms with Crippen LogP contribution in [0.25, 0.3) is 0 Å². The minimum absolute atomic E-state index is 0.667. The van der Waals surface area contributed by atoms with Crippen LogP contribution in [0, 0.1) is 6.92 Å². The normalized spacial score (nSPS) is 11.1. The van der Waals surface area contributed by atoms with E-state index in [1.54, 1.807) is 21.3 Å². The van der Waals surface area contributed by atoms with Crippen molar-refractivity contribution in [2.45, 2.75) is 13.5 Å². The summed E-state index contributed by atoms with van der Waals surface area (Å²) >= 11 is 0. The topological polar surface area (TPSA) is 58.1 Å². The maximum absolute atomic E-state index is 5.34. The summed E-state index contributed by atoms with van der Waals surface area (Å²) in [5.41, 5.74) is 4.51. The molecule has 0 atom stereocenters. The Labute approximate surface area is 155 Å². The van der Waals surface area contributed by atoms with Gasteiger partial charge >= 0.3 is 0 Å². The molecule has 0 aliphatic rings. The highest BCUT2D eigenvalue weighted by molar-refractivity contribution is 5.93. The van der Waals surface area contributed by atoms with Crippen LogP contribution in [0.4, 0.5) is 11.4 Å². The fraction of sp³-hybridized carbons (Fsp3) is 0.350. The van der Waals surface area contributed by atoms with Gasteiger partial charge in [-0.05, 0) is 36.2 Å². The largest absolute Gasteiger partial charge is 0.493 e. The lowest BCUT2D eigenvalue weighted by atomic mass is 10.1. The Bertz CT molecular complexity index is 772. The van der Waals surface area contributed by atoms with Crippen molar-refractivity contribution in [3.63, 3.8) is 0 Å². The number of aliphatic imine (C=N–C) groups is 1. The van der Waals surface area contributed by atoms with Crippen molar-refractivity contribution in [3.8, 4) is 11.5 Å². The zero-order valence-electron chi connectivity index (χ0n) is 16.4. The molecule has 6 heteroatoms. The van der Waals surface area contributed by atoms with Crippen molar-refractivity contribution in [1.82, 2.24) is 5.32 Å². The van der Waals surface area contributed by atoms with Crippen LogP contribution in [0.2, 0.25) is 0 Å². The van der Waals surface area contributed by atoms with E-state index in [0.717, 1.165) is 5.69 Å². The third-order valence-electron chi connectivity index (χ3n) is 4.04. The predicted molar refractivity (Wildman–Crippen MR) is 109 cm³/mol. The molecule has 140 valence electrons. The van der Waals surface area contributed by atoms with Gasteiger partial charge in [-0.25, -0.2) is 0 Å². The van der Waals surface area contributed by atoms with E-state index in [4.69, 9.17) is 9.47 Å². The van der Waals surface area contributed by atoms with Gasteiger partial charge in [0.15, 0.2) is 17.5 Å². The van der Waals surface area contributed by atoms with Gasteiger partial charge < -0.3 is 25.0 Å². The molecule has 0 aliphatic heterocycles. The first-order chi connectivity index (χ1) is 12.5. The number of rotatable bonds is 6. The van der Waals surface area contributed by atoms with Crippen LogP contribution in [0.1, 0.15) is 11.1 Å². The molecule has 0 spiro atoms. The maximum atomic E-state index is 5.34. The Morgan fingerprint density at radius 1 is 1.04 bits per heavy atom. The van der Waals surface area contributed by atoms with Gasteiger partial charge in [0, 0.05) is 45.1 Å². The van der Waals surface area contributed by atoms with Crippen molar-refractivity contribution in [2.75, 3.05) is 45.6 Å². The molecule has 0 saturated heterocycles. The first-order valence-corrected chi connectivity index (χ1v) is 8.45.